The van der Waals surface area contributed by atoms with E-state index >= 15 is 0 Å². The Hall–Kier alpha value is -2.11. The van der Waals surface area contributed by atoms with E-state index in [2.05, 4.69) is 22.7 Å². The van der Waals surface area contributed by atoms with Crippen molar-refractivity contribution in [1.29, 1.82) is 0 Å². The lowest BCUT2D eigenvalue weighted by Gasteiger charge is -2.31. The summed E-state index contributed by atoms with van der Waals surface area (Å²) >= 11 is 8.10. The molecule has 0 atom stereocenters. The van der Waals surface area contributed by atoms with Crippen LogP contribution in [0.25, 0.3) is 11.3 Å². The standard InChI is InChI=1S/C20H19ClN2O2S/c1-13-18(19(22-25-13)15-5-2-3-6-16(15)21)20(24)23-10-8-14(9-11-23)17-7-4-12-26-17/h2-7,12,14H,8-11H2,1H3. The number of rotatable bonds is 3. The van der Waals surface area contributed by atoms with E-state index in [0.717, 1.165) is 31.5 Å². The molecule has 3 heterocycles. The maximum absolute atomic E-state index is 13.2. The Morgan fingerprint density at radius 2 is 2.00 bits per heavy atom. The van der Waals surface area contributed by atoms with Crippen LogP contribution in [0.4, 0.5) is 0 Å². The van der Waals surface area contributed by atoms with Crippen LogP contribution in [0.15, 0.2) is 46.3 Å². The second-order valence-electron chi connectivity index (χ2n) is 6.52. The zero-order chi connectivity index (χ0) is 18.1. The van der Waals surface area contributed by atoms with Crippen molar-refractivity contribution in [3.63, 3.8) is 0 Å². The Labute approximate surface area is 161 Å². The highest BCUT2D eigenvalue weighted by atomic mass is 35.5. The molecule has 0 spiro atoms. The molecule has 26 heavy (non-hydrogen) atoms. The van der Waals surface area contributed by atoms with Gasteiger partial charge < -0.3 is 9.42 Å². The first-order valence-electron chi connectivity index (χ1n) is 8.69. The van der Waals surface area contributed by atoms with Crippen molar-refractivity contribution >= 4 is 28.8 Å². The number of aromatic nitrogens is 1. The first-order valence-corrected chi connectivity index (χ1v) is 9.94. The number of hydrogen-bond donors (Lipinski definition) is 0. The molecule has 1 aliphatic rings. The third-order valence-corrected chi connectivity index (χ3v) is 6.30. The van der Waals surface area contributed by atoms with Gasteiger partial charge in [-0.05, 0) is 43.2 Å². The smallest absolute Gasteiger partial charge is 0.259 e. The van der Waals surface area contributed by atoms with Crippen molar-refractivity contribution < 1.29 is 9.32 Å². The molecular formula is C20H19ClN2O2S. The van der Waals surface area contributed by atoms with Crippen LogP contribution in [-0.2, 0) is 0 Å². The van der Waals surface area contributed by atoms with Crippen LogP contribution < -0.4 is 0 Å². The summed E-state index contributed by atoms with van der Waals surface area (Å²) in [5.74, 6) is 1.05. The van der Waals surface area contributed by atoms with Crippen LogP contribution in [0, 0.1) is 6.92 Å². The topological polar surface area (TPSA) is 46.3 Å². The second-order valence-corrected chi connectivity index (χ2v) is 7.91. The second kappa shape index (κ2) is 7.25. The zero-order valence-corrected chi connectivity index (χ0v) is 16.0. The molecule has 1 aromatic carbocycles. The van der Waals surface area contributed by atoms with Gasteiger partial charge in [0.2, 0.25) is 0 Å². The molecule has 0 aliphatic carbocycles. The summed E-state index contributed by atoms with van der Waals surface area (Å²) in [5, 5.41) is 6.79. The first kappa shape index (κ1) is 17.3. The van der Waals surface area contributed by atoms with E-state index in [1.807, 2.05) is 23.1 Å². The van der Waals surface area contributed by atoms with Gasteiger partial charge in [0.05, 0.1) is 5.02 Å². The van der Waals surface area contributed by atoms with Crippen LogP contribution >= 0.6 is 22.9 Å². The van der Waals surface area contributed by atoms with E-state index in [1.54, 1.807) is 24.3 Å². The van der Waals surface area contributed by atoms with Gasteiger partial charge in [-0.3, -0.25) is 4.79 Å². The summed E-state index contributed by atoms with van der Waals surface area (Å²) in [6.45, 7) is 3.26. The number of carbonyl (C=O) groups is 1. The van der Waals surface area contributed by atoms with Gasteiger partial charge in [-0.1, -0.05) is 41.0 Å². The Kier molecular flexibility index (Phi) is 4.83. The van der Waals surface area contributed by atoms with E-state index < -0.39 is 0 Å². The molecule has 0 N–H and O–H groups in total. The van der Waals surface area contributed by atoms with Crippen LogP contribution in [0.1, 0.15) is 39.8 Å². The number of amides is 1. The molecule has 1 aliphatic heterocycles. The lowest BCUT2D eigenvalue weighted by Crippen LogP contribution is -2.38. The molecule has 134 valence electrons. The van der Waals surface area contributed by atoms with Crippen LogP contribution in [-0.4, -0.2) is 29.1 Å². The molecule has 6 heteroatoms. The highest BCUT2D eigenvalue weighted by molar-refractivity contribution is 7.10. The molecule has 2 aromatic heterocycles. The molecule has 4 nitrogen and oxygen atoms in total. The summed E-state index contributed by atoms with van der Waals surface area (Å²) in [7, 11) is 0. The van der Waals surface area contributed by atoms with Gasteiger partial charge in [0.15, 0.2) is 0 Å². The molecule has 0 saturated carbocycles. The van der Waals surface area contributed by atoms with Crippen LogP contribution in [0.2, 0.25) is 5.02 Å². The van der Waals surface area contributed by atoms with Gasteiger partial charge >= 0.3 is 0 Å². The minimum Gasteiger partial charge on any atom is -0.360 e. The number of benzene rings is 1. The van der Waals surface area contributed by atoms with Crippen molar-refractivity contribution in [3.8, 4) is 11.3 Å². The molecule has 0 bridgehead atoms. The van der Waals surface area contributed by atoms with Crippen LogP contribution in [0.5, 0.6) is 0 Å². The number of likely N-dealkylation sites (tertiary alicyclic amines) is 1. The lowest BCUT2D eigenvalue weighted by molar-refractivity contribution is 0.0712. The van der Waals surface area contributed by atoms with Gasteiger partial charge in [-0.15, -0.1) is 11.3 Å². The van der Waals surface area contributed by atoms with E-state index in [-0.39, 0.29) is 5.91 Å². The zero-order valence-electron chi connectivity index (χ0n) is 14.4. The Morgan fingerprint density at radius 1 is 1.23 bits per heavy atom. The predicted octanol–water partition coefficient (Wildman–Crippen LogP) is 5.38. The van der Waals surface area contributed by atoms with E-state index in [0.29, 0.717) is 28.0 Å². The molecule has 0 radical (unpaired) electrons. The minimum absolute atomic E-state index is 0.0247. The summed E-state index contributed by atoms with van der Waals surface area (Å²) in [6, 6.07) is 11.7. The van der Waals surface area contributed by atoms with E-state index in [1.165, 1.54) is 4.88 Å². The maximum Gasteiger partial charge on any atom is 0.259 e. The predicted molar refractivity (Wildman–Crippen MR) is 104 cm³/mol. The minimum atomic E-state index is -0.0247. The van der Waals surface area contributed by atoms with E-state index in [4.69, 9.17) is 16.1 Å². The largest absolute Gasteiger partial charge is 0.360 e. The molecule has 4 rings (SSSR count). The molecule has 3 aromatic rings. The van der Waals surface area contributed by atoms with Crippen LogP contribution in [0.3, 0.4) is 0 Å². The fraction of sp³-hybridized carbons (Fsp3) is 0.300. The molecule has 1 amide bonds. The fourth-order valence-electron chi connectivity index (χ4n) is 3.51. The Morgan fingerprint density at radius 3 is 2.69 bits per heavy atom. The van der Waals surface area contributed by atoms with E-state index in [9.17, 15) is 4.79 Å². The van der Waals surface area contributed by atoms with Crippen molar-refractivity contribution in [2.75, 3.05) is 13.1 Å². The summed E-state index contributed by atoms with van der Waals surface area (Å²) in [5.41, 5.74) is 1.77. The fourth-order valence-corrected chi connectivity index (χ4v) is 4.63. The number of aryl methyl sites for hydroxylation is 1. The van der Waals surface area contributed by atoms with Gasteiger partial charge in [-0.25, -0.2) is 0 Å². The van der Waals surface area contributed by atoms with Crippen molar-refractivity contribution in [1.82, 2.24) is 10.1 Å². The van der Waals surface area contributed by atoms with Crippen molar-refractivity contribution in [3.05, 3.63) is 63.0 Å². The summed E-state index contributed by atoms with van der Waals surface area (Å²) in [6.07, 6.45) is 1.97. The summed E-state index contributed by atoms with van der Waals surface area (Å²) < 4.78 is 5.34. The molecular weight excluding hydrogens is 368 g/mol. The number of halogens is 1. The maximum atomic E-state index is 13.2. The molecule has 0 unspecified atom stereocenters. The Balaban J connectivity index is 1.56. The normalized spacial score (nSPS) is 15.4. The Bertz CT molecular complexity index is 912. The third-order valence-electron chi connectivity index (χ3n) is 4.93. The third kappa shape index (κ3) is 3.17. The average molecular weight is 387 g/mol. The SMILES string of the molecule is Cc1onc(-c2ccccc2Cl)c1C(=O)N1CCC(c2cccs2)CC1. The lowest BCUT2D eigenvalue weighted by atomic mass is 9.94. The highest BCUT2D eigenvalue weighted by Gasteiger charge is 2.30. The van der Waals surface area contributed by atoms with Crippen molar-refractivity contribution in [2.24, 2.45) is 0 Å². The van der Waals surface area contributed by atoms with Gasteiger partial charge in [-0.2, -0.15) is 0 Å². The van der Waals surface area contributed by atoms with Gasteiger partial charge in [0, 0.05) is 23.5 Å². The quantitative estimate of drug-likeness (QED) is 0.606. The first-order chi connectivity index (χ1) is 12.6. The van der Waals surface area contributed by atoms with Gasteiger partial charge in [0.1, 0.15) is 17.0 Å². The van der Waals surface area contributed by atoms with Crippen molar-refractivity contribution in [2.45, 2.75) is 25.7 Å². The molecule has 1 fully saturated rings. The summed E-state index contributed by atoms with van der Waals surface area (Å²) in [4.78, 5) is 16.5. The number of hydrogen-bond acceptors (Lipinski definition) is 4. The highest BCUT2D eigenvalue weighted by Crippen LogP contribution is 2.34. The number of nitrogens with zero attached hydrogens (tertiary/aromatic N) is 2. The monoisotopic (exact) mass is 386 g/mol. The number of carbonyl (C=O) groups excluding carboxylic acids is 1. The number of piperidine rings is 1. The number of thiophene rings is 1. The average Bonchev–Trinajstić information content (AvgIpc) is 3.32. The molecule has 1 saturated heterocycles. The van der Waals surface area contributed by atoms with Gasteiger partial charge in [0.25, 0.3) is 5.91 Å².